The summed E-state index contributed by atoms with van der Waals surface area (Å²) < 4.78 is 8.80. The van der Waals surface area contributed by atoms with E-state index in [4.69, 9.17) is 9.40 Å². The molecule has 0 saturated carbocycles. The largest absolute Gasteiger partial charge is 0.435 e. The van der Waals surface area contributed by atoms with Crippen molar-refractivity contribution in [1.82, 2.24) is 9.55 Å². The molecule has 4 heteroatoms. The second-order valence-corrected chi connectivity index (χ2v) is 15.5. The van der Waals surface area contributed by atoms with Crippen LogP contribution < -0.4 is 4.90 Å². The number of fused-ring (bicyclic) bond motifs is 7. The molecular weight excluding hydrogens is 743 g/mol. The van der Waals surface area contributed by atoms with Gasteiger partial charge >= 0.3 is 0 Å². The maximum Gasteiger partial charge on any atom is 0.227 e. The minimum Gasteiger partial charge on any atom is -0.435 e. The molecule has 0 aliphatic carbocycles. The van der Waals surface area contributed by atoms with Crippen molar-refractivity contribution >= 4 is 71.5 Å². The highest BCUT2D eigenvalue weighted by Gasteiger charge is 2.20. The van der Waals surface area contributed by atoms with Gasteiger partial charge in [0, 0.05) is 44.5 Å². The Kier molecular flexibility index (Phi) is 8.13. The highest BCUT2D eigenvalue weighted by atomic mass is 16.3. The van der Waals surface area contributed by atoms with Crippen LogP contribution in [0.5, 0.6) is 0 Å². The molecule has 0 N–H and O–H groups in total. The van der Waals surface area contributed by atoms with Gasteiger partial charge in [0.05, 0.1) is 11.0 Å². The highest BCUT2D eigenvalue weighted by molar-refractivity contribution is 6.12. The van der Waals surface area contributed by atoms with Gasteiger partial charge in [0.25, 0.3) is 0 Å². The lowest BCUT2D eigenvalue weighted by molar-refractivity contribution is 0.623. The second kappa shape index (κ2) is 14.3. The molecule has 0 fully saturated rings. The molecule has 12 aromatic rings. The zero-order chi connectivity index (χ0) is 40.3. The number of benzene rings is 10. The molecule has 2 heterocycles. The summed E-state index contributed by atoms with van der Waals surface area (Å²) in [6.07, 6.45) is 0. The summed E-state index contributed by atoms with van der Waals surface area (Å²) in [5.41, 5.74) is 13.9. The van der Waals surface area contributed by atoms with Crippen LogP contribution in [0.4, 0.5) is 17.1 Å². The Hall–Kier alpha value is -8.21. The molecule has 0 bridgehead atoms. The van der Waals surface area contributed by atoms with Crippen LogP contribution in [0.3, 0.4) is 0 Å². The van der Waals surface area contributed by atoms with E-state index in [9.17, 15) is 0 Å². The maximum atomic E-state index is 6.43. The monoisotopic (exact) mass is 779 g/mol. The third kappa shape index (κ3) is 5.88. The number of nitrogens with zero attached hydrogens (tertiary/aromatic N) is 3. The van der Waals surface area contributed by atoms with Gasteiger partial charge in [0.1, 0.15) is 5.52 Å². The van der Waals surface area contributed by atoms with Crippen LogP contribution in [0.25, 0.3) is 93.8 Å². The molecule has 0 aliphatic rings. The number of anilines is 3. The smallest absolute Gasteiger partial charge is 0.227 e. The predicted octanol–water partition coefficient (Wildman–Crippen LogP) is 15.7. The lowest BCUT2D eigenvalue weighted by atomic mass is 9.96. The molecule has 0 saturated heterocycles. The van der Waals surface area contributed by atoms with Gasteiger partial charge < -0.3 is 13.9 Å². The fraction of sp³-hybridized carbons (Fsp3) is 0. The summed E-state index contributed by atoms with van der Waals surface area (Å²) >= 11 is 0. The maximum absolute atomic E-state index is 6.43. The molecule has 61 heavy (non-hydrogen) atoms. The third-order valence-corrected chi connectivity index (χ3v) is 12.0. The van der Waals surface area contributed by atoms with Gasteiger partial charge in [0.2, 0.25) is 5.89 Å². The van der Waals surface area contributed by atoms with Crippen molar-refractivity contribution in [2.45, 2.75) is 0 Å². The van der Waals surface area contributed by atoms with Crippen molar-refractivity contribution in [2.75, 3.05) is 4.90 Å². The Bertz CT molecular complexity index is 3560. The zero-order valence-corrected chi connectivity index (χ0v) is 33.1. The molecule has 2 aromatic heterocycles. The van der Waals surface area contributed by atoms with E-state index in [1.54, 1.807) is 0 Å². The molecule has 0 radical (unpaired) electrons. The molecule has 10 aromatic carbocycles. The number of oxazole rings is 1. The van der Waals surface area contributed by atoms with Crippen molar-refractivity contribution in [3.05, 3.63) is 224 Å². The number of aromatic nitrogens is 2. The van der Waals surface area contributed by atoms with E-state index in [2.05, 4.69) is 204 Å². The van der Waals surface area contributed by atoms with Crippen LogP contribution in [-0.4, -0.2) is 9.55 Å². The first-order valence-electron chi connectivity index (χ1n) is 20.7. The van der Waals surface area contributed by atoms with Crippen LogP contribution in [0.1, 0.15) is 0 Å². The predicted molar refractivity (Wildman–Crippen MR) is 254 cm³/mol. The SMILES string of the molecule is c1ccc(-c2nc3cc(-c4ccc(N(c5ccc(-c6cccc7ccccc67)cc5)c5ccc6c(c5)c5ccccc5n6-c5ccccc5)cc4)c4ccccc4c3o2)cc1. The molecule has 0 amide bonds. The highest BCUT2D eigenvalue weighted by Crippen LogP contribution is 2.43. The van der Waals surface area contributed by atoms with Gasteiger partial charge in [0.15, 0.2) is 5.58 Å². The van der Waals surface area contributed by atoms with Gasteiger partial charge in [-0.25, -0.2) is 4.98 Å². The van der Waals surface area contributed by atoms with E-state index < -0.39 is 0 Å². The second-order valence-electron chi connectivity index (χ2n) is 15.5. The van der Waals surface area contributed by atoms with Crippen molar-refractivity contribution in [3.8, 4) is 39.4 Å². The van der Waals surface area contributed by atoms with Gasteiger partial charge in [-0.05, 0) is 117 Å². The van der Waals surface area contributed by atoms with E-state index in [0.717, 1.165) is 61.3 Å². The van der Waals surface area contributed by atoms with E-state index in [1.165, 1.54) is 43.7 Å². The van der Waals surface area contributed by atoms with E-state index in [0.29, 0.717) is 5.89 Å². The van der Waals surface area contributed by atoms with Crippen LogP contribution in [0.15, 0.2) is 229 Å². The summed E-state index contributed by atoms with van der Waals surface area (Å²) in [6, 6.07) is 80.0. The van der Waals surface area contributed by atoms with Crippen LogP contribution >= 0.6 is 0 Å². The average molecular weight is 780 g/mol. The molecule has 0 spiro atoms. The Morgan fingerprint density at radius 1 is 0.377 bits per heavy atom. The summed E-state index contributed by atoms with van der Waals surface area (Å²) in [7, 11) is 0. The van der Waals surface area contributed by atoms with Gasteiger partial charge in [-0.2, -0.15) is 0 Å². The first kappa shape index (κ1) is 34.8. The standard InChI is InChI=1S/C57H37N3O/c1-3-15-41(16-4-1)57-58-53-37-51(48-21-9-10-23-50(48)56(53)61-57)40-28-32-44(33-29-40)59(43-30-26-39(27-31-43)47-24-13-17-38-14-7-8-20-46(38)47)45-34-35-55-52(36-45)49-22-11-12-25-54(49)60(55)42-18-5-2-6-19-42/h1-37H. The van der Waals surface area contributed by atoms with Gasteiger partial charge in [-0.1, -0.05) is 146 Å². The quantitative estimate of drug-likeness (QED) is 0.162. The van der Waals surface area contributed by atoms with E-state index >= 15 is 0 Å². The van der Waals surface area contributed by atoms with Gasteiger partial charge in [-0.15, -0.1) is 0 Å². The Morgan fingerprint density at radius 2 is 0.951 bits per heavy atom. The Labute approximate surface area is 352 Å². The number of hydrogen-bond acceptors (Lipinski definition) is 3. The molecule has 4 nitrogen and oxygen atoms in total. The lowest BCUT2D eigenvalue weighted by Gasteiger charge is -2.26. The van der Waals surface area contributed by atoms with Crippen molar-refractivity contribution in [2.24, 2.45) is 0 Å². The fourth-order valence-electron chi connectivity index (χ4n) is 9.16. The van der Waals surface area contributed by atoms with Crippen LogP contribution in [-0.2, 0) is 0 Å². The van der Waals surface area contributed by atoms with Gasteiger partial charge in [-0.3, -0.25) is 0 Å². The zero-order valence-electron chi connectivity index (χ0n) is 33.1. The molecule has 12 rings (SSSR count). The minimum atomic E-state index is 0.624. The number of para-hydroxylation sites is 2. The van der Waals surface area contributed by atoms with Crippen LogP contribution in [0, 0.1) is 0 Å². The Morgan fingerprint density at radius 3 is 1.70 bits per heavy atom. The summed E-state index contributed by atoms with van der Waals surface area (Å²) in [5, 5.41) is 7.08. The number of hydrogen-bond donors (Lipinski definition) is 0. The Balaban J connectivity index is 1.00. The third-order valence-electron chi connectivity index (χ3n) is 12.0. The normalized spacial score (nSPS) is 11.6. The molecule has 286 valence electrons. The summed E-state index contributed by atoms with van der Waals surface area (Å²) in [4.78, 5) is 7.35. The average Bonchev–Trinajstić information content (AvgIpc) is 3.92. The number of rotatable bonds is 7. The van der Waals surface area contributed by atoms with Crippen molar-refractivity contribution in [1.29, 1.82) is 0 Å². The van der Waals surface area contributed by atoms with Crippen molar-refractivity contribution in [3.63, 3.8) is 0 Å². The first-order chi connectivity index (χ1) is 30.2. The van der Waals surface area contributed by atoms with E-state index in [-0.39, 0.29) is 0 Å². The minimum absolute atomic E-state index is 0.624. The van der Waals surface area contributed by atoms with Crippen molar-refractivity contribution < 1.29 is 4.42 Å². The summed E-state index contributed by atoms with van der Waals surface area (Å²) in [5.74, 6) is 0.624. The molecule has 0 unspecified atom stereocenters. The topological polar surface area (TPSA) is 34.2 Å². The fourth-order valence-corrected chi connectivity index (χ4v) is 9.16. The first-order valence-corrected chi connectivity index (χ1v) is 20.7. The molecule has 0 aliphatic heterocycles. The molecular formula is C57H37N3O. The van der Waals surface area contributed by atoms with Crippen LogP contribution in [0.2, 0.25) is 0 Å². The molecule has 0 atom stereocenters. The lowest BCUT2D eigenvalue weighted by Crippen LogP contribution is -2.10. The van der Waals surface area contributed by atoms with E-state index in [1.807, 2.05) is 30.3 Å². The summed E-state index contributed by atoms with van der Waals surface area (Å²) in [6.45, 7) is 0.